The summed E-state index contributed by atoms with van der Waals surface area (Å²) in [6.07, 6.45) is 3.03. The Morgan fingerprint density at radius 2 is 1.84 bits per heavy atom. The van der Waals surface area contributed by atoms with Crippen LogP contribution in [-0.4, -0.2) is 20.1 Å². The van der Waals surface area contributed by atoms with Crippen LogP contribution in [0.15, 0.2) is 48.5 Å². The van der Waals surface area contributed by atoms with Gasteiger partial charge in [0.05, 0.1) is 11.8 Å². The zero-order valence-electron chi connectivity index (χ0n) is 14.2. The number of nitrogens with one attached hydrogen (secondary N) is 2. The summed E-state index contributed by atoms with van der Waals surface area (Å²) in [6, 6.07) is 14.7. The highest BCUT2D eigenvalue weighted by Crippen LogP contribution is 2.29. The van der Waals surface area contributed by atoms with E-state index in [4.69, 9.17) is 0 Å². The molecule has 0 bridgehead atoms. The van der Waals surface area contributed by atoms with Crippen molar-refractivity contribution < 1.29 is 13.2 Å². The summed E-state index contributed by atoms with van der Waals surface area (Å²) < 4.78 is 25.6. The zero-order valence-corrected chi connectivity index (χ0v) is 15.0. The molecule has 0 aromatic heterocycles. The fraction of sp³-hybridized carbons (Fsp3) is 0.316. The van der Waals surface area contributed by atoms with Crippen molar-refractivity contribution in [1.82, 2.24) is 5.32 Å². The zero-order chi connectivity index (χ0) is 17.9. The molecule has 0 fully saturated rings. The summed E-state index contributed by atoms with van der Waals surface area (Å²) in [5.74, 6) is -0.136. The van der Waals surface area contributed by atoms with E-state index < -0.39 is 10.0 Å². The number of fused-ring (bicyclic) bond motifs is 1. The SMILES string of the molecule is CCS(=O)(=O)Nc1ccc(C(=O)N[C@H]2CCCc3ccccc32)cc1. The normalized spacial score (nSPS) is 16.8. The smallest absolute Gasteiger partial charge is 0.251 e. The minimum Gasteiger partial charge on any atom is -0.345 e. The molecule has 0 saturated heterocycles. The first-order chi connectivity index (χ1) is 12.0. The molecule has 2 aromatic carbocycles. The molecule has 0 spiro atoms. The van der Waals surface area contributed by atoms with Crippen molar-refractivity contribution in [2.24, 2.45) is 0 Å². The molecule has 1 atom stereocenters. The number of hydrogen-bond acceptors (Lipinski definition) is 3. The second-order valence-corrected chi connectivity index (χ2v) is 8.21. The van der Waals surface area contributed by atoms with Crippen LogP contribution in [0.5, 0.6) is 0 Å². The van der Waals surface area contributed by atoms with Crippen molar-refractivity contribution in [2.45, 2.75) is 32.2 Å². The molecule has 1 aliphatic rings. The Kier molecular flexibility index (Phi) is 5.08. The predicted molar refractivity (Wildman–Crippen MR) is 99.1 cm³/mol. The highest BCUT2D eigenvalue weighted by Gasteiger charge is 2.21. The number of rotatable bonds is 5. The fourth-order valence-corrected chi connectivity index (χ4v) is 3.73. The molecule has 0 heterocycles. The van der Waals surface area contributed by atoms with E-state index in [-0.39, 0.29) is 17.7 Å². The molecule has 25 heavy (non-hydrogen) atoms. The molecule has 0 unspecified atom stereocenters. The summed E-state index contributed by atoms with van der Waals surface area (Å²) in [5.41, 5.74) is 3.46. The number of aryl methyl sites for hydroxylation is 1. The molecule has 0 radical (unpaired) electrons. The van der Waals surface area contributed by atoms with Gasteiger partial charge in [-0.2, -0.15) is 0 Å². The number of carbonyl (C=O) groups excluding carboxylic acids is 1. The Balaban J connectivity index is 1.70. The third-order valence-corrected chi connectivity index (χ3v) is 5.78. The van der Waals surface area contributed by atoms with Crippen molar-refractivity contribution in [3.8, 4) is 0 Å². The molecule has 6 heteroatoms. The fourth-order valence-electron chi connectivity index (χ4n) is 3.09. The van der Waals surface area contributed by atoms with Gasteiger partial charge in [-0.1, -0.05) is 24.3 Å². The van der Waals surface area contributed by atoms with Crippen molar-refractivity contribution in [1.29, 1.82) is 0 Å². The Morgan fingerprint density at radius 3 is 2.56 bits per heavy atom. The van der Waals surface area contributed by atoms with E-state index >= 15 is 0 Å². The average molecular weight is 358 g/mol. The van der Waals surface area contributed by atoms with E-state index in [1.54, 1.807) is 31.2 Å². The van der Waals surface area contributed by atoms with Crippen molar-refractivity contribution in [3.05, 3.63) is 65.2 Å². The van der Waals surface area contributed by atoms with Gasteiger partial charge in [0, 0.05) is 11.3 Å². The standard InChI is InChI=1S/C19H22N2O3S/c1-2-25(23,24)21-16-12-10-15(11-13-16)19(22)20-18-9-5-7-14-6-3-4-8-17(14)18/h3-4,6,8,10-13,18,21H,2,5,7,9H2,1H3,(H,20,22)/t18-/m0/s1. The lowest BCUT2D eigenvalue weighted by molar-refractivity contribution is 0.0933. The number of anilines is 1. The summed E-state index contributed by atoms with van der Waals surface area (Å²) in [5, 5.41) is 3.09. The Hall–Kier alpha value is -2.34. The predicted octanol–water partition coefficient (Wildman–Crippen LogP) is 3.26. The summed E-state index contributed by atoms with van der Waals surface area (Å²) >= 11 is 0. The van der Waals surface area contributed by atoms with E-state index in [1.807, 2.05) is 12.1 Å². The van der Waals surface area contributed by atoms with E-state index in [0.29, 0.717) is 11.3 Å². The molecule has 2 N–H and O–H groups in total. The van der Waals surface area contributed by atoms with Gasteiger partial charge in [-0.15, -0.1) is 0 Å². The van der Waals surface area contributed by atoms with Crippen LogP contribution >= 0.6 is 0 Å². The third kappa shape index (κ3) is 4.20. The maximum Gasteiger partial charge on any atom is 0.251 e. The molecule has 132 valence electrons. The Bertz CT molecular complexity index is 860. The molecule has 1 aliphatic carbocycles. The first-order valence-corrected chi connectivity index (χ1v) is 10.1. The van der Waals surface area contributed by atoms with Crippen LogP contribution < -0.4 is 10.0 Å². The number of sulfonamides is 1. The molecule has 0 saturated carbocycles. The van der Waals surface area contributed by atoms with Gasteiger partial charge in [0.25, 0.3) is 5.91 Å². The van der Waals surface area contributed by atoms with Crippen molar-refractivity contribution >= 4 is 21.6 Å². The lowest BCUT2D eigenvalue weighted by Crippen LogP contribution is -2.30. The van der Waals surface area contributed by atoms with E-state index in [9.17, 15) is 13.2 Å². The molecule has 2 aromatic rings. The van der Waals surface area contributed by atoms with Crippen molar-refractivity contribution in [2.75, 3.05) is 10.5 Å². The van der Waals surface area contributed by atoms with Crippen molar-refractivity contribution in [3.63, 3.8) is 0 Å². The van der Waals surface area contributed by atoms with Gasteiger partial charge >= 0.3 is 0 Å². The van der Waals surface area contributed by atoms with Gasteiger partial charge in [-0.3, -0.25) is 9.52 Å². The molecule has 3 rings (SSSR count). The minimum atomic E-state index is -3.31. The second kappa shape index (κ2) is 7.27. The molecule has 0 aliphatic heterocycles. The first kappa shape index (κ1) is 17.5. The van der Waals surface area contributed by atoms with Crippen LogP contribution in [0.1, 0.15) is 47.3 Å². The number of hydrogen-bond donors (Lipinski definition) is 2. The minimum absolute atomic E-state index is 0.0102. The molecule has 5 nitrogen and oxygen atoms in total. The summed E-state index contributed by atoms with van der Waals surface area (Å²) in [7, 11) is -3.31. The average Bonchev–Trinajstić information content (AvgIpc) is 2.62. The maximum atomic E-state index is 12.5. The second-order valence-electron chi connectivity index (χ2n) is 6.20. The van der Waals surface area contributed by atoms with E-state index in [2.05, 4.69) is 22.2 Å². The van der Waals surface area contributed by atoms with E-state index in [1.165, 1.54) is 11.1 Å². The first-order valence-electron chi connectivity index (χ1n) is 8.48. The van der Waals surface area contributed by atoms with Gasteiger partial charge in [0.2, 0.25) is 10.0 Å². The summed E-state index contributed by atoms with van der Waals surface area (Å²) in [6.45, 7) is 1.58. The van der Waals surface area contributed by atoms with Gasteiger partial charge in [0.1, 0.15) is 0 Å². The van der Waals surface area contributed by atoms with Crippen LogP contribution in [0.25, 0.3) is 0 Å². The monoisotopic (exact) mass is 358 g/mol. The van der Waals surface area contributed by atoms with E-state index in [0.717, 1.165) is 19.3 Å². The quantitative estimate of drug-likeness (QED) is 0.861. The number of benzene rings is 2. The summed E-state index contributed by atoms with van der Waals surface area (Å²) in [4.78, 5) is 12.5. The highest BCUT2D eigenvalue weighted by molar-refractivity contribution is 7.92. The third-order valence-electron chi connectivity index (χ3n) is 4.48. The lowest BCUT2D eigenvalue weighted by Gasteiger charge is -2.26. The number of carbonyl (C=O) groups is 1. The molecular formula is C19H22N2O3S. The van der Waals surface area contributed by atoms with Crippen LogP contribution in [0.4, 0.5) is 5.69 Å². The van der Waals surface area contributed by atoms with Crippen LogP contribution in [0, 0.1) is 0 Å². The van der Waals surface area contributed by atoms with Gasteiger partial charge < -0.3 is 5.32 Å². The maximum absolute atomic E-state index is 12.5. The Morgan fingerprint density at radius 1 is 1.12 bits per heavy atom. The van der Waals surface area contributed by atoms with Gasteiger partial charge in [-0.25, -0.2) is 8.42 Å². The Labute approximate surface area is 148 Å². The van der Waals surface area contributed by atoms with Gasteiger partial charge in [-0.05, 0) is 61.6 Å². The molecular weight excluding hydrogens is 336 g/mol. The highest BCUT2D eigenvalue weighted by atomic mass is 32.2. The topological polar surface area (TPSA) is 75.3 Å². The van der Waals surface area contributed by atoms with Crippen LogP contribution in [0.2, 0.25) is 0 Å². The largest absolute Gasteiger partial charge is 0.345 e. The lowest BCUT2D eigenvalue weighted by atomic mass is 9.87. The number of amides is 1. The van der Waals surface area contributed by atoms with Crippen LogP contribution in [-0.2, 0) is 16.4 Å². The van der Waals surface area contributed by atoms with Gasteiger partial charge in [0.15, 0.2) is 0 Å². The molecule has 1 amide bonds. The van der Waals surface area contributed by atoms with Crippen LogP contribution in [0.3, 0.4) is 0 Å².